The minimum atomic E-state index is -1.22. The van der Waals surface area contributed by atoms with Gasteiger partial charge in [0.05, 0.1) is 0 Å². The van der Waals surface area contributed by atoms with Crippen molar-refractivity contribution in [3.8, 4) is 0 Å². The molecule has 2 N–H and O–H groups in total. The molecule has 0 atom stereocenters. The van der Waals surface area contributed by atoms with Crippen molar-refractivity contribution in [1.82, 2.24) is 5.32 Å². The molecule has 0 bridgehead atoms. The number of carbonyl (C=O) groups excluding carboxylic acids is 1. The summed E-state index contributed by atoms with van der Waals surface area (Å²) in [6.07, 6.45) is 0.581. The molecule has 1 fully saturated rings. The monoisotopic (exact) mass is 277 g/mol. The second kappa shape index (κ2) is 5.63. The van der Waals surface area contributed by atoms with Crippen molar-refractivity contribution in [2.45, 2.75) is 32.2 Å². The largest absolute Gasteiger partial charge is 0.480 e. The normalized spacial score (nSPS) is 17.5. The first-order valence-corrected chi connectivity index (χ1v) is 6.66. The highest BCUT2D eigenvalue weighted by molar-refractivity contribution is 6.00. The second-order valence-electron chi connectivity index (χ2n) is 5.22. The highest BCUT2D eigenvalue weighted by atomic mass is 16.5. The molecule has 1 heterocycles. The number of carboxylic acid groups (broad SMARTS) is 1. The lowest BCUT2D eigenvalue weighted by Crippen LogP contribution is -2.57. The van der Waals surface area contributed by atoms with Gasteiger partial charge in [-0.1, -0.05) is 18.2 Å². The number of hydrogen-bond donors (Lipinski definition) is 2. The van der Waals surface area contributed by atoms with Crippen LogP contribution in [0.15, 0.2) is 18.2 Å². The highest BCUT2D eigenvalue weighted by Gasteiger charge is 2.42. The number of amides is 1. The van der Waals surface area contributed by atoms with E-state index >= 15 is 0 Å². The molecule has 1 aromatic rings. The van der Waals surface area contributed by atoms with Gasteiger partial charge in [0.1, 0.15) is 5.54 Å². The molecule has 0 spiro atoms. The van der Waals surface area contributed by atoms with E-state index in [1.165, 1.54) is 0 Å². The summed E-state index contributed by atoms with van der Waals surface area (Å²) in [5.41, 5.74) is 1.02. The molecule has 0 aromatic heterocycles. The minimum Gasteiger partial charge on any atom is -0.480 e. The maximum absolute atomic E-state index is 12.4. The van der Waals surface area contributed by atoms with Crippen LogP contribution in [0.1, 0.15) is 34.3 Å². The zero-order valence-electron chi connectivity index (χ0n) is 11.7. The molecule has 20 heavy (non-hydrogen) atoms. The second-order valence-corrected chi connectivity index (χ2v) is 5.22. The lowest BCUT2D eigenvalue weighted by Gasteiger charge is -2.34. The van der Waals surface area contributed by atoms with E-state index in [9.17, 15) is 14.7 Å². The smallest absolute Gasteiger partial charge is 0.329 e. The lowest BCUT2D eigenvalue weighted by molar-refractivity contribution is -0.148. The van der Waals surface area contributed by atoms with E-state index in [1.54, 1.807) is 0 Å². The van der Waals surface area contributed by atoms with E-state index in [-0.39, 0.29) is 5.91 Å². The summed E-state index contributed by atoms with van der Waals surface area (Å²) < 4.78 is 5.20. The van der Waals surface area contributed by atoms with Gasteiger partial charge in [-0.3, -0.25) is 4.79 Å². The predicted molar refractivity (Wildman–Crippen MR) is 73.8 cm³/mol. The fraction of sp³-hybridized carbons (Fsp3) is 0.467. The molecule has 1 aliphatic heterocycles. The molecule has 108 valence electrons. The third-order valence-electron chi connectivity index (χ3n) is 3.82. The molecular formula is C15H19NO4. The van der Waals surface area contributed by atoms with Gasteiger partial charge in [-0.25, -0.2) is 4.79 Å². The van der Waals surface area contributed by atoms with Crippen LogP contribution in [0.25, 0.3) is 0 Å². The van der Waals surface area contributed by atoms with Gasteiger partial charge >= 0.3 is 5.97 Å². The van der Waals surface area contributed by atoms with Crippen LogP contribution in [0.4, 0.5) is 0 Å². The number of carboxylic acids is 1. The van der Waals surface area contributed by atoms with Crippen molar-refractivity contribution in [2.24, 2.45) is 0 Å². The maximum atomic E-state index is 12.4. The summed E-state index contributed by atoms with van der Waals surface area (Å²) in [4.78, 5) is 24.0. The Kier molecular flexibility index (Phi) is 4.09. The van der Waals surface area contributed by atoms with Gasteiger partial charge < -0.3 is 15.2 Å². The average molecular weight is 277 g/mol. The van der Waals surface area contributed by atoms with Gasteiger partial charge in [-0.2, -0.15) is 0 Å². The summed E-state index contributed by atoms with van der Waals surface area (Å²) in [7, 11) is 0. The van der Waals surface area contributed by atoms with E-state index in [1.807, 2.05) is 32.0 Å². The van der Waals surface area contributed by atoms with Crippen LogP contribution in [0.3, 0.4) is 0 Å². The van der Waals surface area contributed by atoms with E-state index in [2.05, 4.69) is 5.32 Å². The predicted octanol–water partition coefficient (Wildman–Crippen LogP) is 1.67. The van der Waals surface area contributed by atoms with E-state index < -0.39 is 11.5 Å². The fourth-order valence-electron chi connectivity index (χ4n) is 2.56. The van der Waals surface area contributed by atoms with Crippen LogP contribution in [-0.4, -0.2) is 35.7 Å². The van der Waals surface area contributed by atoms with Gasteiger partial charge in [-0.05, 0) is 25.0 Å². The quantitative estimate of drug-likeness (QED) is 0.881. The Hall–Kier alpha value is -1.88. The maximum Gasteiger partial charge on any atom is 0.329 e. The molecule has 1 aliphatic rings. The molecular weight excluding hydrogens is 258 g/mol. The summed E-state index contributed by atoms with van der Waals surface area (Å²) in [5, 5.41) is 12.2. The molecule has 1 amide bonds. The number of aryl methyl sites for hydroxylation is 2. The van der Waals surface area contributed by atoms with Crippen molar-refractivity contribution in [3.63, 3.8) is 0 Å². The highest BCUT2D eigenvalue weighted by Crippen LogP contribution is 2.23. The van der Waals surface area contributed by atoms with Gasteiger partial charge in [0.15, 0.2) is 0 Å². The van der Waals surface area contributed by atoms with Gasteiger partial charge in [-0.15, -0.1) is 0 Å². The van der Waals surface area contributed by atoms with Crippen molar-refractivity contribution >= 4 is 11.9 Å². The molecule has 2 rings (SSSR count). The van der Waals surface area contributed by atoms with Gasteiger partial charge in [0, 0.05) is 31.6 Å². The summed E-state index contributed by atoms with van der Waals surface area (Å²) in [5.74, 6) is -1.33. The molecule has 1 saturated heterocycles. The molecule has 1 aromatic carbocycles. The Morgan fingerprint density at radius 1 is 1.20 bits per heavy atom. The average Bonchev–Trinajstić information content (AvgIpc) is 2.39. The first-order chi connectivity index (χ1) is 9.46. The summed E-state index contributed by atoms with van der Waals surface area (Å²) in [6.45, 7) is 4.39. The third-order valence-corrected chi connectivity index (χ3v) is 3.82. The van der Waals surface area contributed by atoms with Crippen molar-refractivity contribution in [1.29, 1.82) is 0 Å². The zero-order chi connectivity index (χ0) is 14.8. The SMILES string of the molecule is Cc1cccc(C)c1C(=O)NC1(C(=O)O)CCOCC1. The number of rotatable bonds is 3. The number of ether oxygens (including phenoxy) is 1. The van der Waals surface area contributed by atoms with Crippen LogP contribution < -0.4 is 5.32 Å². The van der Waals surface area contributed by atoms with E-state index in [0.29, 0.717) is 31.6 Å². The topological polar surface area (TPSA) is 75.6 Å². The number of nitrogens with one attached hydrogen (secondary N) is 1. The zero-order valence-corrected chi connectivity index (χ0v) is 11.7. The standard InChI is InChI=1S/C15H19NO4/c1-10-4-3-5-11(2)12(10)13(17)16-15(14(18)19)6-8-20-9-7-15/h3-5H,6-9H2,1-2H3,(H,16,17)(H,18,19). The number of benzene rings is 1. The molecule has 5 nitrogen and oxygen atoms in total. The van der Waals surface area contributed by atoms with Crippen LogP contribution >= 0.6 is 0 Å². The Balaban J connectivity index is 2.27. The minimum absolute atomic E-state index is 0.291. The first kappa shape index (κ1) is 14.5. The van der Waals surface area contributed by atoms with Crippen LogP contribution in [-0.2, 0) is 9.53 Å². The Labute approximate surface area is 117 Å². The molecule has 0 unspecified atom stereocenters. The van der Waals surface area contributed by atoms with Crippen molar-refractivity contribution in [3.05, 3.63) is 34.9 Å². The molecule has 0 radical (unpaired) electrons. The van der Waals surface area contributed by atoms with Crippen molar-refractivity contribution < 1.29 is 19.4 Å². The van der Waals surface area contributed by atoms with Gasteiger partial charge in [0.25, 0.3) is 5.91 Å². The van der Waals surface area contributed by atoms with Crippen LogP contribution in [0.5, 0.6) is 0 Å². The lowest BCUT2D eigenvalue weighted by atomic mass is 9.89. The molecule has 5 heteroatoms. The Morgan fingerprint density at radius 2 is 1.75 bits per heavy atom. The van der Waals surface area contributed by atoms with E-state index in [0.717, 1.165) is 11.1 Å². The Bertz CT molecular complexity index is 512. The number of carbonyl (C=O) groups is 2. The van der Waals surface area contributed by atoms with Crippen molar-refractivity contribution in [2.75, 3.05) is 13.2 Å². The van der Waals surface area contributed by atoms with Crippen LogP contribution in [0, 0.1) is 13.8 Å². The van der Waals surface area contributed by atoms with Gasteiger partial charge in [0.2, 0.25) is 0 Å². The summed E-state index contributed by atoms with van der Waals surface area (Å²) in [6, 6.07) is 5.57. The number of aliphatic carboxylic acids is 1. The van der Waals surface area contributed by atoms with E-state index in [4.69, 9.17) is 4.74 Å². The number of hydrogen-bond acceptors (Lipinski definition) is 3. The first-order valence-electron chi connectivity index (χ1n) is 6.66. The molecule has 0 aliphatic carbocycles. The Morgan fingerprint density at radius 3 is 2.25 bits per heavy atom. The van der Waals surface area contributed by atoms with Crippen LogP contribution in [0.2, 0.25) is 0 Å². The summed E-state index contributed by atoms with van der Waals surface area (Å²) >= 11 is 0. The fourth-order valence-corrected chi connectivity index (χ4v) is 2.56. The molecule has 0 saturated carbocycles. The third kappa shape index (κ3) is 2.67.